The lowest BCUT2D eigenvalue weighted by molar-refractivity contribution is -0.385. The van der Waals surface area contributed by atoms with Gasteiger partial charge in [0.2, 0.25) is 5.90 Å². The largest absolute Gasteiger partial charge is 0.490 e. The highest BCUT2D eigenvalue weighted by Crippen LogP contribution is 2.32. The first kappa shape index (κ1) is 21.9. The van der Waals surface area contributed by atoms with Gasteiger partial charge in [-0.1, -0.05) is 6.07 Å². The quantitative estimate of drug-likeness (QED) is 0.278. The number of nitrogens with zero attached hydrogens (tertiary/aromatic N) is 4. The normalized spacial score (nSPS) is 17.0. The lowest BCUT2D eigenvalue weighted by atomic mass is 10.1. The summed E-state index contributed by atoms with van der Waals surface area (Å²) in [6.07, 6.45) is 1.36. The average molecular weight is 454 g/mol. The summed E-state index contributed by atoms with van der Waals surface area (Å²) in [5.41, 5.74) is 0.573. The Morgan fingerprint density at radius 3 is 2.45 bits per heavy atom. The molecule has 0 bridgehead atoms. The number of morpholine rings is 1. The molecule has 170 valence electrons. The Bertz CT molecular complexity index is 1200. The molecule has 0 amide bonds. The van der Waals surface area contributed by atoms with Gasteiger partial charge < -0.3 is 19.1 Å². The summed E-state index contributed by atoms with van der Waals surface area (Å²) in [6.45, 7) is 2.04. The number of rotatable bonds is 6. The van der Waals surface area contributed by atoms with Crippen molar-refractivity contribution in [2.45, 2.75) is 0 Å². The smallest absolute Gasteiger partial charge is 0.363 e. The Morgan fingerprint density at radius 1 is 1.06 bits per heavy atom. The lowest BCUT2D eigenvalue weighted by Crippen LogP contribution is -2.36. The molecular weight excluding hydrogens is 436 g/mol. The van der Waals surface area contributed by atoms with Crippen molar-refractivity contribution in [1.29, 1.82) is 0 Å². The molecule has 0 spiro atoms. The van der Waals surface area contributed by atoms with Crippen LogP contribution in [0.3, 0.4) is 0 Å². The number of anilines is 1. The number of hydrogen-bond acceptors (Lipinski definition) is 10. The standard InChI is InChI=1S/C21H18N4O8/c1-31-19-5-3-14(12-18(19)25(29)30)20-22-15(21(26)33-20)10-13-2-4-16(17(11-13)24(27)28)23-6-8-32-9-7-23/h2-5,10-12H,6-9H2,1H3/b15-10-. The fourth-order valence-electron chi connectivity index (χ4n) is 3.50. The first-order valence-corrected chi connectivity index (χ1v) is 9.84. The lowest BCUT2D eigenvalue weighted by Gasteiger charge is -2.28. The van der Waals surface area contributed by atoms with Gasteiger partial charge in [-0.25, -0.2) is 9.79 Å². The van der Waals surface area contributed by atoms with Gasteiger partial charge in [-0.2, -0.15) is 0 Å². The van der Waals surface area contributed by atoms with E-state index < -0.39 is 15.8 Å². The van der Waals surface area contributed by atoms with Crippen molar-refractivity contribution in [3.63, 3.8) is 0 Å². The number of nitro benzene ring substituents is 2. The van der Waals surface area contributed by atoms with E-state index in [2.05, 4.69) is 4.99 Å². The van der Waals surface area contributed by atoms with E-state index in [-0.39, 0.29) is 34.3 Å². The number of ether oxygens (including phenoxy) is 3. The molecule has 2 heterocycles. The highest BCUT2D eigenvalue weighted by Gasteiger charge is 2.27. The van der Waals surface area contributed by atoms with Crippen LogP contribution in [-0.4, -0.2) is 55.1 Å². The maximum absolute atomic E-state index is 12.3. The predicted molar refractivity (Wildman–Crippen MR) is 116 cm³/mol. The Balaban J connectivity index is 1.66. The molecule has 0 aliphatic carbocycles. The number of carbonyl (C=O) groups excluding carboxylic acids is 1. The van der Waals surface area contributed by atoms with Crippen molar-refractivity contribution in [1.82, 2.24) is 0 Å². The molecule has 33 heavy (non-hydrogen) atoms. The second-order valence-electron chi connectivity index (χ2n) is 7.08. The average Bonchev–Trinajstić information content (AvgIpc) is 3.19. The predicted octanol–water partition coefficient (Wildman–Crippen LogP) is 2.69. The summed E-state index contributed by atoms with van der Waals surface area (Å²) in [5.74, 6) is -0.836. The number of esters is 1. The van der Waals surface area contributed by atoms with E-state index in [4.69, 9.17) is 14.2 Å². The minimum absolute atomic E-state index is 0.0529. The van der Waals surface area contributed by atoms with Crippen LogP contribution in [0.1, 0.15) is 11.1 Å². The highest BCUT2D eigenvalue weighted by atomic mass is 16.6. The minimum atomic E-state index is -0.775. The van der Waals surface area contributed by atoms with Gasteiger partial charge >= 0.3 is 11.7 Å². The third-order valence-corrected chi connectivity index (χ3v) is 5.09. The van der Waals surface area contributed by atoms with Crippen molar-refractivity contribution in [2.75, 3.05) is 38.3 Å². The molecule has 1 fully saturated rings. The zero-order chi connectivity index (χ0) is 23.5. The summed E-state index contributed by atoms with van der Waals surface area (Å²) in [7, 11) is 1.31. The van der Waals surface area contributed by atoms with Gasteiger partial charge in [0.1, 0.15) is 5.69 Å². The van der Waals surface area contributed by atoms with Gasteiger partial charge in [0.15, 0.2) is 11.4 Å². The molecule has 1 saturated heterocycles. The fraction of sp³-hybridized carbons (Fsp3) is 0.238. The van der Waals surface area contributed by atoms with Crippen LogP contribution >= 0.6 is 0 Å². The number of methoxy groups -OCH3 is 1. The van der Waals surface area contributed by atoms with E-state index in [9.17, 15) is 25.0 Å². The summed E-state index contributed by atoms with van der Waals surface area (Å²) in [4.78, 5) is 40.1. The van der Waals surface area contributed by atoms with Crippen LogP contribution in [-0.2, 0) is 14.3 Å². The molecule has 0 saturated carbocycles. The van der Waals surface area contributed by atoms with Crippen molar-refractivity contribution < 1.29 is 28.9 Å². The molecule has 2 aliphatic rings. The van der Waals surface area contributed by atoms with Gasteiger partial charge in [-0.05, 0) is 29.8 Å². The van der Waals surface area contributed by atoms with Crippen LogP contribution in [0.5, 0.6) is 5.75 Å². The van der Waals surface area contributed by atoms with Crippen molar-refractivity contribution in [3.05, 3.63) is 73.5 Å². The zero-order valence-electron chi connectivity index (χ0n) is 17.4. The molecular formula is C21H18N4O8. The first-order chi connectivity index (χ1) is 15.9. The maximum Gasteiger partial charge on any atom is 0.363 e. The fourth-order valence-corrected chi connectivity index (χ4v) is 3.50. The molecule has 0 N–H and O–H groups in total. The first-order valence-electron chi connectivity index (χ1n) is 9.84. The summed E-state index contributed by atoms with van der Waals surface area (Å²) < 4.78 is 15.4. The molecule has 12 nitrogen and oxygen atoms in total. The van der Waals surface area contributed by atoms with Crippen molar-refractivity contribution >= 4 is 35.0 Å². The van der Waals surface area contributed by atoms with Crippen LogP contribution in [0.4, 0.5) is 17.1 Å². The Hall–Kier alpha value is -4.32. The summed E-state index contributed by atoms with van der Waals surface area (Å²) >= 11 is 0. The van der Waals surface area contributed by atoms with Crippen LogP contribution in [0.15, 0.2) is 47.1 Å². The highest BCUT2D eigenvalue weighted by molar-refractivity contribution is 6.13. The van der Waals surface area contributed by atoms with E-state index in [1.165, 1.54) is 37.5 Å². The second-order valence-corrected chi connectivity index (χ2v) is 7.08. The maximum atomic E-state index is 12.3. The number of aliphatic imine (C=N–C) groups is 1. The van der Waals surface area contributed by atoms with E-state index in [1.807, 2.05) is 4.90 Å². The van der Waals surface area contributed by atoms with Crippen LogP contribution in [0.25, 0.3) is 6.08 Å². The molecule has 0 radical (unpaired) electrons. The van der Waals surface area contributed by atoms with Crippen LogP contribution in [0.2, 0.25) is 0 Å². The molecule has 0 unspecified atom stereocenters. The molecule has 0 atom stereocenters. The Labute approximate surface area is 187 Å². The van der Waals surface area contributed by atoms with Gasteiger partial charge in [0.25, 0.3) is 5.69 Å². The number of cyclic esters (lactones) is 1. The van der Waals surface area contributed by atoms with E-state index in [1.54, 1.807) is 12.1 Å². The van der Waals surface area contributed by atoms with E-state index in [0.29, 0.717) is 37.6 Å². The number of hydrogen-bond donors (Lipinski definition) is 0. The third kappa shape index (κ3) is 4.50. The van der Waals surface area contributed by atoms with Crippen molar-refractivity contribution in [2.24, 2.45) is 4.99 Å². The number of benzene rings is 2. The molecule has 2 aromatic carbocycles. The topological polar surface area (TPSA) is 147 Å². The SMILES string of the molecule is COc1ccc(C2=N/C(=C\c3ccc(N4CCOCC4)c([N+](=O)[O-])c3)C(=O)O2)cc1[N+](=O)[O-]. The summed E-state index contributed by atoms with van der Waals surface area (Å²) in [6, 6.07) is 8.66. The molecule has 4 rings (SSSR count). The van der Waals surface area contributed by atoms with Crippen LogP contribution < -0.4 is 9.64 Å². The Kier molecular flexibility index (Phi) is 6.00. The molecule has 2 aromatic rings. The number of carbonyl (C=O) groups is 1. The van der Waals surface area contributed by atoms with Gasteiger partial charge in [0, 0.05) is 30.8 Å². The van der Waals surface area contributed by atoms with E-state index in [0.717, 1.165) is 0 Å². The minimum Gasteiger partial charge on any atom is -0.490 e. The van der Waals surface area contributed by atoms with Crippen LogP contribution in [0, 0.1) is 20.2 Å². The second kappa shape index (κ2) is 9.04. The van der Waals surface area contributed by atoms with E-state index >= 15 is 0 Å². The monoisotopic (exact) mass is 454 g/mol. The molecule has 0 aromatic heterocycles. The van der Waals surface area contributed by atoms with Gasteiger partial charge in [0.05, 0.1) is 30.2 Å². The zero-order valence-corrected chi connectivity index (χ0v) is 17.4. The molecule has 12 heteroatoms. The molecule has 2 aliphatic heterocycles. The Morgan fingerprint density at radius 2 is 1.79 bits per heavy atom. The number of nitro groups is 2. The third-order valence-electron chi connectivity index (χ3n) is 5.09. The van der Waals surface area contributed by atoms with Crippen molar-refractivity contribution in [3.8, 4) is 5.75 Å². The summed E-state index contributed by atoms with van der Waals surface area (Å²) in [5, 5.41) is 22.9. The van der Waals surface area contributed by atoms with Gasteiger partial charge in [-0.3, -0.25) is 20.2 Å². The van der Waals surface area contributed by atoms with Gasteiger partial charge in [-0.15, -0.1) is 0 Å².